The summed E-state index contributed by atoms with van der Waals surface area (Å²) >= 11 is 0. The lowest BCUT2D eigenvalue weighted by atomic mass is 10.1. The zero-order chi connectivity index (χ0) is 12.4. The van der Waals surface area contributed by atoms with Gasteiger partial charge in [0, 0.05) is 24.2 Å². The highest BCUT2D eigenvalue weighted by Gasteiger charge is 2.12. The summed E-state index contributed by atoms with van der Waals surface area (Å²) in [4.78, 5) is 10.8. The second-order valence-electron chi connectivity index (χ2n) is 4.34. The Morgan fingerprint density at radius 1 is 1.35 bits per heavy atom. The third kappa shape index (κ3) is 2.16. The summed E-state index contributed by atoms with van der Waals surface area (Å²) in [5.41, 5.74) is 7.39. The van der Waals surface area contributed by atoms with E-state index >= 15 is 0 Å². The molecule has 0 bridgehead atoms. The van der Waals surface area contributed by atoms with Crippen LogP contribution in [0.1, 0.15) is 20.3 Å². The van der Waals surface area contributed by atoms with Crippen LogP contribution >= 0.6 is 0 Å². The monoisotopic (exact) mass is 230 g/mol. The van der Waals surface area contributed by atoms with Crippen LogP contribution in [0.4, 0.5) is 11.5 Å². The highest BCUT2D eigenvalue weighted by Crippen LogP contribution is 2.25. The molecule has 0 aliphatic heterocycles. The van der Waals surface area contributed by atoms with Gasteiger partial charge in [0.1, 0.15) is 12.1 Å². The fourth-order valence-corrected chi connectivity index (χ4v) is 1.82. The van der Waals surface area contributed by atoms with Crippen LogP contribution < -0.4 is 10.6 Å². The standard InChI is InChI=1S/C13H18N4/c1-4-9(2)17(3)13-11-6-5-10(14)7-12(11)15-8-16-13/h5-9H,4,14H2,1-3H3. The summed E-state index contributed by atoms with van der Waals surface area (Å²) in [6, 6.07) is 6.20. The van der Waals surface area contributed by atoms with E-state index in [0.717, 1.165) is 28.8 Å². The van der Waals surface area contributed by atoms with Crippen LogP contribution in [0.3, 0.4) is 0 Å². The predicted molar refractivity (Wildman–Crippen MR) is 72.1 cm³/mol. The highest BCUT2D eigenvalue weighted by atomic mass is 15.2. The normalized spacial score (nSPS) is 12.6. The fourth-order valence-electron chi connectivity index (χ4n) is 1.82. The molecule has 4 nitrogen and oxygen atoms in total. The van der Waals surface area contributed by atoms with Crippen molar-refractivity contribution >= 4 is 22.4 Å². The number of rotatable bonds is 3. The lowest BCUT2D eigenvalue weighted by Crippen LogP contribution is -2.29. The second-order valence-corrected chi connectivity index (χ2v) is 4.34. The fraction of sp³-hybridized carbons (Fsp3) is 0.385. The minimum absolute atomic E-state index is 0.450. The van der Waals surface area contributed by atoms with Crippen molar-refractivity contribution in [1.82, 2.24) is 9.97 Å². The number of nitrogens with zero attached hydrogens (tertiary/aromatic N) is 3. The van der Waals surface area contributed by atoms with Gasteiger partial charge in [-0.05, 0) is 31.5 Å². The van der Waals surface area contributed by atoms with E-state index in [0.29, 0.717) is 6.04 Å². The number of aromatic nitrogens is 2. The van der Waals surface area contributed by atoms with Crippen molar-refractivity contribution < 1.29 is 0 Å². The summed E-state index contributed by atoms with van der Waals surface area (Å²) in [6.07, 6.45) is 2.67. The van der Waals surface area contributed by atoms with Crippen LogP contribution in [-0.2, 0) is 0 Å². The first-order valence-corrected chi connectivity index (χ1v) is 5.86. The van der Waals surface area contributed by atoms with Gasteiger partial charge in [-0.1, -0.05) is 6.92 Å². The molecule has 0 aliphatic rings. The zero-order valence-electron chi connectivity index (χ0n) is 10.5. The maximum Gasteiger partial charge on any atom is 0.139 e. The zero-order valence-corrected chi connectivity index (χ0v) is 10.5. The molecule has 1 atom stereocenters. The third-order valence-corrected chi connectivity index (χ3v) is 3.23. The molecule has 1 aromatic carbocycles. The number of hydrogen-bond acceptors (Lipinski definition) is 4. The van der Waals surface area contributed by atoms with Crippen LogP contribution in [0.5, 0.6) is 0 Å². The van der Waals surface area contributed by atoms with Crippen LogP contribution in [0.2, 0.25) is 0 Å². The van der Waals surface area contributed by atoms with Gasteiger partial charge in [0.2, 0.25) is 0 Å². The Morgan fingerprint density at radius 3 is 2.82 bits per heavy atom. The number of anilines is 2. The van der Waals surface area contributed by atoms with Crippen LogP contribution in [-0.4, -0.2) is 23.1 Å². The van der Waals surface area contributed by atoms with Crippen LogP contribution in [0, 0.1) is 0 Å². The summed E-state index contributed by atoms with van der Waals surface area (Å²) in [5, 5.41) is 1.05. The molecule has 0 amide bonds. The molecule has 0 fully saturated rings. The van der Waals surface area contributed by atoms with Crippen molar-refractivity contribution in [3.05, 3.63) is 24.5 Å². The van der Waals surface area contributed by atoms with Gasteiger partial charge in [-0.3, -0.25) is 0 Å². The predicted octanol–water partition coefficient (Wildman–Crippen LogP) is 2.45. The minimum Gasteiger partial charge on any atom is -0.399 e. The molecule has 0 saturated heterocycles. The van der Waals surface area contributed by atoms with Gasteiger partial charge in [0.05, 0.1) is 5.52 Å². The minimum atomic E-state index is 0.450. The number of nitrogens with two attached hydrogens (primary N) is 1. The Labute approximate surface area is 101 Å². The Balaban J connectivity index is 2.54. The maximum absolute atomic E-state index is 5.76. The van der Waals surface area contributed by atoms with Crippen molar-refractivity contribution in [2.45, 2.75) is 26.3 Å². The Morgan fingerprint density at radius 2 is 2.12 bits per heavy atom. The number of benzene rings is 1. The van der Waals surface area contributed by atoms with Crippen molar-refractivity contribution in [2.24, 2.45) is 0 Å². The maximum atomic E-state index is 5.76. The smallest absolute Gasteiger partial charge is 0.139 e. The third-order valence-electron chi connectivity index (χ3n) is 3.23. The Bertz CT molecular complexity index is 524. The number of fused-ring (bicyclic) bond motifs is 1. The van der Waals surface area contributed by atoms with E-state index in [2.05, 4.69) is 35.8 Å². The van der Waals surface area contributed by atoms with Gasteiger partial charge in [-0.2, -0.15) is 0 Å². The topological polar surface area (TPSA) is 55.0 Å². The van der Waals surface area contributed by atoms with E-state index in [1.165, 1.54) is 0 Å². The molecule has 17 heavy (non-hydrogen) atoms. The molecule has 4 heteroatoms. The summed E-state index contributed by atoms with van der Waals surface area (Å²) in [5.74, 6) is 0.962. The lowest BCUT2D eigenvalue weighted by molar-refractivity contribution is 0.658. The van der Waals surface area contributed by atoms with Gasteiger partial charge >= 0.3 is 0 Å². The van der Waals surface area contributed by atoms with Gasteiger partial charge in [-0.25, -0.2) is 9.97 Å². The SMILES string of the molecule is CCC(C)N(C)c1ncnc2cc(N)ccc12. The molecule has 2 rings (SSSR count). The van der Waals surface area contributed by atoms with Gasteiger partial charge < -0.3 is 10.6 Å². The second kappa shape index (κ2) is 4.57. The van der Waals surface area contributed by atoms with Crippen molar-refractivity contribution in [2.75, 3.05) is 17.7 Å². The van der Waals surface area contributed by atoms with E-state index in [1.807, 2.05) is 18.2 Å². The van der Waals surface area contributed by atoms with E-state index in [1.54, 1.807) is 6.33 Å². The van der Waals surface area contributed by atoms with Crippen molar-refractivity contribution in [1.29, 1.82) is 0 Å². The summed E-state index contributed by atoms with van der Waals surface area (Å²) < 4.78 is 0. The molecule has 0 aliphatic carbocycles. The van der Waals surface area contributed by atoms with Gasteiger partial charge in [-0.15, -0.1) is 0 Å². The molecular weight excluding hydrogens is 212 g/mol. The molecule has 1 aromatic heterocycles. The Kier molecular flexibility index (Phi) is 3.13. The summed E-state index contributed by atoms with van der Waals surface area (Å²) in [7, 11) is 2.06. The largest absolute Gasteiger partial charge is 0.399 e. The molecule has 90 valence electrons. The highest BCUT2D eigenvalue weighted by molar-refractivity contribution is 5.91. The molecule has 1 unspecified atom stereocenters. The van der Waals surface area contributed by atoms with E-state index in [9.17, 15) is 0 Å². The average Bonchev–Trinajstić information content (AvgIpc) is 2.35. The lowest BCUT2D eigenvalue weighted by Gasteiger charge is -2.25. The molecule has 1 heterocycles. The Hall–Kier alpha value is -1.84. The molecule has 0 spiro atoms. The first-order valence-electron chi connectivity index (χ1n) is 5.86. The molecule has 2 N–H and O–H groups in total. The van der Waals surface area contributed by atoms with E-state index in [-0.39, 0.29) is 0 Å². The van der Waals surface area contributed by atoms with E-state index < -0.39 is 0 Å². The van der Waals surface area contributed by atoms with Crippen LogP contribution in [0.25, 0.3) is 10.9 Å². The van der Waals surface area contributed by atoms with Crippen LogP contribution in [0.15, 0.2) is 24.5 Å². The number of hydrogen-bond donors (Lipinski definition) is 1. The first-order chi connectivity index (χ1) is 8.13. The molecular formula is C13H18N4. The van der Waals surface area contributed by atoms with Gasteiger partial charge in [0.15, 0.2) is 0 Å². The quantitative estimate of drug-likeness (QED) is 0.823. The summed E-state index contributed by atoms with van der Waals surface area (Å²) in [6.45, 7) is 4.35. The molecule has 0 radical (unpaired) electrons. The van der Waals surface area contributed by atoms with Crippen molar-refractivity contribution in [3.63, 3.8) is 0 Å². The molecule has 2 aromatic rings. The molecule has 0 saturated carbocycles. The number of nitrogen functional groups attached to an aromatic ring is 1. The average molecular weight is 230 g/mol. The van der Waals surface area contributed by atoms with Gasteiger partial charge in [0.25, 0.3) is 0 Å². The van der Waals surface area contributed by atoms with E-state index in [4.69, 9.17) is 5.73 Å². The first kappa shape index (κ1) is 11.6. The van der Waals surface area contributed by atoms with Crippen molar-refractivity contribution in [3.8, 4) is 0 Å².